The minimum atomic E-state index is -0.967. The maximum absolute atomic E-state index is 10.9. The highest BCUT2D eigenvalue weighted by molar-refractivity contribution is 6.02. The minimum Gasteiger partial charge on any atom is -0.515 e. The van der Waals surface area contributed by atoms with Gasteiger partial charge in [0, 0.05) is 12.8 Å². The van der Waals surface area contributed by atoms with Crippen LogP contribution in [-0.2, 0) is 19.2 Å². The number of aliphatic hydroxyl groups excluding tert-OH is 1. The number of carbonyl (C=O) groups excluding carboxylic acids is 3. The Morgan fingerprint density at radius 3 is 2.38 bits per heavy atom. The molecule has 6 nitrogen and oxygen atoms in total. The number of amides is 2. The SMILES string of the molecule is O=C(C=CO)ON1C(=O)CCC1=O. The Labute approximate surface area is 73.3 Å². The highest BCUT2D eigenvalue weighted by Crippen LogP contribution is 2.11. The van der Waals surface area contributed by atoms with Gasteiger partial charge in [-0.2, -0.15) is 0 Å². The Bertz CT molecular complexity index is 267. The van der Waals surface area contributed by atoms with Gasteiger partial charge in [-0.15, -0.1) is 5.06 Å². The average molecular weight is 185 g/mol. The first-order chi connectivity index (χ1) is 6.15. The summed E-state index contributed by atoms with van der Waals surface area (Å²) in [6, 6.07) is 0. The molecule has 1 N–H and O–H groups in total. The molecule has 1 rings (SSSR count). The number of nitrogens with zero attached hydrogens (tertiary/aromatic N) is 1. The van der Waals surface area contributed by atoms with Gasteiger partial charge in [-0.05, 0) is 0 Å². The lowest BCUT2D eigenvalue weighted by Crippen LogP contribution is -2.31. The second kappa shape index (κ2) is 3.70. The van der Waals surface area contributed by atoms with Crippen LogP contribution in [0.25, 0.3) is 0 Å². The van der Waals surface area contributed by atoms with E-state index >= 15 is 0 Å². The van der Waals surface area contributed by atoms with E-state index in [1.54, 1.807) is 0 Å². The summed E-state index contributed by atoms with van der Waals surface area (Å²) < 4.78 is 0. The van der Waals surface area contributed by atoms with Gasteiger partial charge in [-0.3, -0.25) is 9.59 Å². The summed E-state index contributed by atoms with van der Waals surface area (Å²) in [5.74, 6) is -2.07. The number of hydroxylamine groups is 2. The molecular formula is C7H7NO5. The average Bonchev–Trinajstić information content (AvgIpc) is 2.36. The van der Waals surface area contributed by atoms with E-state index in [9.17, 15) is 14.4 Å². The van der Waals surface area contributed by atoms with E-state index in [0.29, 0.717) is 17.4 Å². The zero-order valence-electron chi connectivity index (χ0n) is 6.60. The molecule has 0 aromatic carbocycles. The van der Waals surface area contributed by atoms with E-state index in [-0.39, 0.29) is 12.8 Å². The number of rotatable bonds is 2. The molecule has 70 valence electrons. The van der Waals surface area contributed by atoms with E-state index in [1.807, 2.05) is 0 Å². The monoisotopic (exact) mass is 185 g/mol. The van der Waals surface area contributed by atoms with Crippen LogP contribution in [0, 0.1) is 0 Å². The Morgan fingerprint density at radius 1 is 1.38 bits per heavy atom. The highest BCUT2D eigenvalue weighted by Gasteiger charge is 2.32. The minimum absolute atomic E-state index is 0.0505. The standard InChI is InChI=1S/C7H7NO5/c9-4-3-7(12)13-8-5(10)1-2-6(8)11/h3-4,9H,1-2H2. The van der Waals surface area contributed by atoms with Crippen LogP contribution >= 0.6 is 0 Å². The summed E-state index contributed by atoms with van der Waals surface area (Å²) >= 11 is 0. The molecule has 0 aromatic rings. The van der Waals surface area contributed by atoms with Gasteiger partial charge in [-0.25, -0.2) is 4.79 Å². The van der Waals surface area contributed by atoms with Crippen LogP contribution in [-0.4, -0.2) is 28.0 Å². The molecule has 1 aliphatic rings. The predicted molar refractivity (Wildman–Crippen MR) is 38.9 cm³/mol. The van der Waals surface area contributed by atoms with Crippen molar-refractivity contribution in [1.82, 2.24) is 5.06 Å². The predicted octanol–water partition coefficient (Wildman–Crippen LogP) is -0.335. The fourth-order valence-electron chi connectivity index (χ4n) is 0.839. The molecule has 1 fully saturated rings. The van der Waals surface area contributed by atoms with Gasteiger partial charge in [-0.1, -0.05) is 0 Å². The molecule has 0 saturated carbocycles. The number of hydrogen-bond donors (Lipinski definition) is 1. The van der Waals surface area contributed by atoms with Gasteiger partial charge in [0.2, 0.25) is 0 Å². The van der Waals surface area contributed by atoms with Crippen LogP contribution in [0.15, 0.2) is 12.3 Å². The van der Waals surface area contributed by atoms with E-state index in [1.165, 1.54) is 0 Å². The molecule has 0 spiro atoms. The fourth-order valence-corrected chi connectivity index (χ4v) is 0.839. The van der Waals surface area contributed by atoms with Crippen molar-refractivity contribution in [3.8, 4) is 0 Å². The van der Waals surface area contributed by atoms with Crippen LogP contribution in [0.5, 0.6) is 0 Å². The van der Waals surface area contributed by atoms with Crippen molar-refractivity contribution in [2.24, 2.45) is 0 Å². The summed E-state index contributed by atoms with van der Waals surface area (Å²) in [6.07, 6.45) is 1.26. The zero-order chi connectivity index (χ0) is 9.84. The first kappa shape index (κ1) is 9.24. The molecule has 0 aromatic heterocycles. The molecule has 0 aliphatic carbocycles. The van der Waals surface area contributed by atoms with Crippen molar-refractivity contribution < 1.29 is 24.3 Å². The van der Waals surface area contributed by atoms with Gasteiger partial charge in [0.25, 0.3) is 11.8 Å². The lowest BCUT2D eigenvalue weighted by atomic mass is 10.4. The number of imide groups is 1. The molecule has 0 radical (unpaired) electrons. The zero-order valence-corrected chi connectivity index (χ0v) is 6.60. The summed E-state index contributed by atoms with van der Waals surface area (Å²) in [7, 11) is 0. The maximum atomic E-state index is 10.9. The van der Waals surface area contributed by atoms with Gasteiger partial charge < -0.3 is 9.94 Å². The van der Waals surface area contributed by atoms with Crippen LogP contribution in [0.2, 0.25) is 0 Å². The van der Waals surface area contributed by atoms with Crippen molar-refractivity contribution in [1.29, 1.82) is 0 Å². The van der Waals surface area contributed by atoms with E-state index < -0.39 is 17.8 Å². The van der Waals surface area contributed by atoms with Gasteiger partial charge in [0.05, 0.1) is 12.3 Å². The smallest absolute Gasteiger partial charge is 0.359 e. The number of carbonyl (C=O) groups is 3. The number of hydrogen-bond acceptors (Lipinski definition) is 5. The molecule has 1 saturated heterocycles. The normalized spacial score (nSPS) is 17.1. The maximum Gasteiger partial charge on any atom is 0.359 e. The second-order valence-electron chi connectivity index (χ2n) is 2.31. The first-order valence-corrected chi connectivity index (χ1v) is 3.53. The lowest BCUT2D eigenvalue weighted by Gasteiger charge is -2.09. The van der Waals surface area contributed by atoms with E-state index in [4.69, 9.17) is 5.11 Å². The molecule has 13 heavy (non-hydrogen) atoms. The third kappa shape index (κ3) is 2.05. The van der Waals surface area contributed by atoms with E-state index in [0.717, 1.165) is 0 Å². The quantitative estimate of drug-likeness (QED) is 0.361. The Kier molecular flexibility index (Phi) is 2.63. The molecule has 0 atom stereocenters. The van der Waals surface area contributed by atoms with Crippen molar-refractivity contribution in [2.75, 3.05) is 0 Å². The fraction of sp³-hybridized carbons (Fsp3) is 0.286. The Morgan fingerprint density at radius 2 is 1.92 bits per heavy atom. The third-order valence-corrected chi connectivity index (χ3v) is 1.40. The summed E-state index contributed by atoms with van der Waals surface area (Å²) in [5.41, 5.74) is 0. The summed E-state index contributed by atoms with van der Waals surface area (Å²) in [4.78, 5) is 36.7. The molecular weight excluding hydrogens is 178 g/mol. The van der Waals surface area contributed by atoms with Crippen molar-refractivity contribution in [3.05, 3.63) is 12.3 Å². The van der Waals surface area contributed by atoms with Gasteiger partial charge >= 0.3 is 5.97 Å². The van der Waals surface area contributed by atoms with Crippen LogP contribution in [0.3, 0.4) is 0 Å². The largest absolute Gasteiger partial charge is 0.515 e. The Hall–Kier alpha value is -1.85. The van der Waals surface area contributed by atoms with Crippen molar-refractivity contribution in [2.45, 2.75) is 12.8 Å². The van der Waals surface area contributed by atoms with Crippen molar-refractivity contribution in [3.63, 3.8) is 0 Å². The summed E-state index contributed by atoms with van der Waals surface area (Å²) in [6.45, 7) is 0. The van der Waals surface area contributed by atoms with Gasteiger partial charge in [0.1, 0.15) is 0 Å². The second-order valence-corrected chi connectivity index (χ2v) is 2.31. The topological polar surface area (TPSA) is 83.9 Å². The molecule has 0 unspecified atom stereocenters. The highest BCUT2D eigenvalue weighted by atomic mass is 16.7. The molecule has 1 heterocycles. The Balaban J connectivity index is 2.57. The first-order valence-electron chi connectivity index (χ1n) is 3.53. The van der Waals surface area contributed by atoms with Gasteiger partial charge in [0.15, 0.2) is 0 Å². The molecule has 6 heteroatoms. The third-order valence-electron chi connectivity index (χ3n) is 1.40. The summed E-state index contributed by atoms with van der Waals surface area (Å²) in [5, 5.41) is 8.58. The molecule has 2 amide bonds. The van der Waals surface area contributed by atoms with Crippen molar-refractivity contribution >= 4 is 17.8 Å². The molecule has 0 bridgehead atoms. The molecule has 1 aliphatic heterocycles. The van der Waals surface area contributed by atoms with Crippen LogP contribution in [0.4, 0.5) is 0 Å². The van der Waals surface area contributed by atoms with E-state index in [2.05, 4.69) is 4.84 Å². The number of aliphatic hydroxyl groups is 1. The lowest BCUT2D eigenvalue weighted by molar-refractivity contribution is -0.193. The van der Waals surface area contributed by atoms with Crippen LogP contribution in [0.1, 0.15) is 12.8 Å². The van der Waals surface area contributed by atoms with Crippen LogP contribution < -0.4 is 0 Å².